The Bertz CT molecular complexity index is 595. The summed E-state index contributed by atoms with van der Waals surface area (Å²) in [5.41, 5.74) is 7.40. The van der Waals surface area contributed by atoms with Crippen LogP contribution >= 0.6 is 0 Å². The van der Waals surface area contributed by atoms with E-state index in [0.29, 0.717) is 25.3 Å². The number of aliphatic carboxylic acids is 1. The van der Waals surface area contributed by atoms with Crippen molar-refractivity contribution in [3.8, 4) is 5.69 Å². The first-order valence-corrected chi connectivity index (χ1v) is 6.65. The van der Waals surface area contributed by atoms with Gasteiger partial charge in [0.05, 0.1) is 5.69 Å². The van der Waals surface area contributed by atoms with E-state index in [1.54, 1.807) is 0 Å². The Balaban J connectivity index is 1.83. The number of carboxylic acids is 1. The minimum Gasteiger partial charge on any atom is -0.480 e. The summed E-state index contributed by atoms with van der Waals surface area (Å²) in [6.45, 7) is 2.55. The van der Waals surface area contributed by atoms with Crippen LogP contribution in [0.1, 0.15) is 18.4 Å². The van der Waals surface area contributed by atoms with Crippen molar-refractivity contribution in [2.75, 3.05) is 11.9 Å². The van der Waals surface area contributed by atoms with Crippen LogP contribution in [0.15, 0.2) is 24.3 Å². The van der Waals surface area contributed by atoms with Gasteiger partial charge in [-0.25, -0.2) is 0 Å². The molecule has 1 aromatic heterocycles. The largest absolute Gasteiger partial charge is 0.480 e. The van der Waals surface area contributed by atoms with Gasteiger partial charge in [0, 0.05) is 6.54 Å². The summed E-state index contributed by atoms with van der Waals surface area (Å²) in [4.78, 5) is 12.0. The lowest BCUT2D eigenvalue weighted by atomic mass is 10.2. The summed E-state index contributed by atoms with van der Waals surface area (Å²) >= 11 is 0. The van der Waals surface area contributed by atoms with E-state index < -0.39 is 12.0 Å². The molecule has 0 aliphatic carbocycles. The average Bonchev–Trinajstić information content (AvgIpc) is 2.93. The first-order valence-electron chi connectivity index (χ1n) is 6.65. The van der Waals surface area contributed by atoms with E-state index in [9.17, 15) is 4.79 Å². The number of hydrogen-bond acceptors (Lipinski definition) is 6. The predicted octanol–water partition coefficient (Wildman–Crippen LogP) is 0.575. The van der Waals surface area contributed by atoms with Crippen LogP contribution < -0.4 is 11.1 Å². The number of anilines is 1. The van der Waals surface area contributed by atoms with Crippen LogP contribution in [-0.2, 0) is 4.79 Å². The van der Waals surface area contributed by atoms with Gasteiger partial charge in [-0.2, -0.15) is 0 Å². The smallest absolute Gasteiger partial charge is 0.320 e. The lowest BCUT2D eigenvalue weighted by Crippen LogP contribution is -2.30. The number of nitrogens with one attached hydrogen (secondary N) is 1. The standard InChI is InChI=1S/C13H18N6O2/c1-9-4-6-10(7-5-9)19-17-13(16-18-19)15-8-2-3-11(14)12(20)21/h4-7,11H,2-3,8,14H2,1H3,(H,15,17)(H,20,21)/t11-/m0/s1. The highest BCUT2D eigenvalue weighted by Crippen LogP contribution is 2.07. The van der Waals surface area contributed by atoms with E-state index in [1.807, 2.05) is 31.2 Å². The van der Waals surface area contributed by atoms with Crippen LogP contribution in [0.2, 0.25) is 0 Å². The third-order valence-electron chi connectivity index (χ3n) is 2.97. The molecule has 1 aromatic carbocycles. The lowest BCUT2D eigenvalue weighted by molar-refractivity contribution is -0.138. The number of carboxylic acid groups (broad SMARTS) is 1. The molecule has 0 fully saturated rings. The number of benzene rings is 1. The highest BCUT2D eigenvalue weighted by molar-refractivity contribution is 5.72. The fourth-order valence-corrected chi connectivity index (χ4v) is 1.72. The van der Waals surface area contributed by atoms with Gasteiger partial charge < -0.3 is 16.2 Å². The Morgan fingerprint density at radius 2 is 2.14 bits per heavy atom. The molecule has 0 saturated carbocycles. The van der Waals surface area contributed by atoms with Crippen molar-refractivity contribution in [1.29, 1.82) is 0 Å². The van der Waals surface area contributed by atoms with Crippen molar-refractivity contribution in [2.24, 2.45) is 5.73 Å². The number of nitrogens with zero attached hydrogens (tertiary/aromatic N) is 4. The van der Waals surface area contributed by atoms with Crippen molar-refractivity contribution in [1.82, 2.24) is 20.2 Å². The normalized spacial score (nSPS) is 12.1. The Hall–Kier alpha value is -2.48. The number of aromatic nitrogens is 4. The minimum absolute atomic E-state index is 0.397. The molecule has 1 heterocycles. The van der Waals surface area contributed by atoms with E-state index in [1.165, 1.54) is 4.80 Å². The maximum atomic E-state index is 10.6. The summed E-state index contributed by atoms with van der Waals surface area (Å²) in [7, 11) is 0. The summed E-state index contributed by atoms with van der Waals surface area (Å²) < 4.78 is 0. The molecule has 0 aliphatic heterocycles. The van der Waals surface area contributed by atoms with Crippen LogP contribution in [0.25, 0.3) is 5.69 Å². The third-order valence-corrected chi connectivity index (χ3v) is 2.97. The van der Waals surface area contributed by atoms with E-state index in [0.717, 1.165) is 11.3 Å². The van der Waals surface area contributed by atoms with Crippen molar-refractivity contribution in [3.05, 3.63) is 29.8 Å². The molecule has 2 aromatic rings. The van der Waals surface area contributed by atoms with Gasteiger partial charge in [0.1, 0.15) is 6.04 Å². The Morgan fingerprint density at radius 1 is 1.43 bits per heavy atom. The number of carbonyl (C=O) groups is 1. The van der Waals surface area contributed by atoms with E-state index in [-0.39, 0.29) is 0 Å². The minimum atomic E-state index is -0.988. The topological polar surface area (TPSA) is 119 Å². The van der Waals surface area contributed by atoms with Gasteiger partial charge >= 0.3 is 5.97 Å². The molecule has 8 nitrogen and oxygen atoms in total. The Morgan fingerprint density at radius 3 is 2.81 bits per heavy atom. The van der Waals surface area contributed by atoms with E-state index in [2.05, 4.69) is 20.7 Å². The summed E-state index contributed by atoms with van der Waals surface area (Å²) in [5, 5.41) is 23.7. The second kappa shape index (κ2) is 6.80. The second-order valence-corrected chi connectivity index (χ2v) is 4.75. The Kier molecular flexibility index (Phi) is 4.83. The summed E-state index contributed by atoms with van der Waals surface area (Å²) in [6.07, 6.45) is 1.01. The summed E-state index contributed by atoms with van der Waals surface area (Å²) in [6, 6.07) is 6.93. The molecule has 0 radical (unpaired) electrons. The molecular formula is C13H18N6O2. The maximum absolute atomic E-state index is 10.6. The third kappa shape index (κ3) is 4.25. The molecule has 8 heteroatoms. The van der Waals surface area contributed by atoms with Crippen molar-refractivity contribution in [2.45, 2.75) is 25.8 Å². The van der Waals surface area contributed by atoms with Gasteiger partial charge in [-0.3, -0.25) is 4.79 Å². The van der Waals surface area contributed by atoms with Gasteiger partial charge in [0.25, 0.3) is 5.95 Å². The molecule has 0 amide bonds. The molecule has 0 saturated heterocycles. The first-order chi connectivity index (χ1) is 10.1. The fourth-order valence-electron chi connectivity index (χ4n) is 1.72. The van der Waals surface area contributed by atoms with Crippen LogP contribution in [0.3, 0.4) is 0 Å². The fraction of sp³-hybridized carbons (Fsp3) is 0.385. The monoisotopic (exact) mass is 290 g/mol. The van der Waals surface area contributed by atoms with Gasteiger partial charge in [-0.15, -0.1) is 9.90 Å². The molecule has 4 N–H and O–H groups in total. The van der Waals surface area contributed by atoms with Crippen LogP contribution in [0.5, 0.6) is 0 Å². The van der Waals surface area contributed by atoms with E-state index >= 15 is 0 Å². The Labute approximate surface area is 122 Å². The summed E-state index contributed by atoms with van der Waals surface area (Å²) in [5.74, 6) is -0.585. The SMILES string of the molecule is Cc1ccc(-n2nnc(NCCC[C@H](N)C(=O)O)n2)cc1. The van der Waals surface area contributed by atoms with Crippen LogP contribution in [-0.4, -0.2) is 43.9 Å². The van der Waals surface area contributed by atoms with E-state index in [4.69, 9.17) is 10.8 Å². The molecule has 1 atom stereocenters. The van der Waals surface area contributed by atoms with Crippen LogP contribution in [0.4, 0.5) is 5.95 Å². The molecule has 0 unspecified atom stereocenters. The van der Waals surface area contributed by atoms with Gasteiger partial charge in [0.15, 0.2) is 0 Å². The zero-order valence-corrected chi connectivity index (χ0v) is 11.7. The number of tetrazole rings is 1. The molecule has 0 bridgehead atoms. The molecule has 21 heavy (non-hydrogen) atoms. The molecule has 0 aliphatic rings. The highest BCUT2D eigenvalue weighted by atomic mass is 16.4. The van der Waals surface area contributed by atoms with Gasteiger partial charge in [-0.1, -0.05) is 22.8 Å². The number of rotatable bonds is 7. The predicted molar refractivity (Wildman–Crippen MR) is 77.2 cm³/mol. The molecule has 0 spiro atoms. The van der Waals surface area contributed by atoms with Crippen molar-refractivity contribution < 1.29 is 9.90 Å². The number of nitrogens with two attached hydrogens (primary N) is 1. The average molecular weight is 290 g/mol. The first kappa shape index (κ1) is 14.9. The number of hydrogen-bond donors (Lipinski definition) is 3. The second-order valence-electron chi connectivity index (χ2n) is 4.75. The van der Waals surface area contributed by atoms with Crippen molar-refractivity contribution >= 4 is 11.9 Å². The zero-order chi connectivity index (χ0) is 15.2. The quantitative estimate of drug-likeness (QED) is 0.638. The maximum Gasteiger partial charge on any atom is 0.320 e. The van der Waals surface area contributed by atoms with Gasteiger partial charge in [0.2, 0.25) is 0 Å². The molecular weight excluding hydrogens is 272 g/mol. The number of aryl methyl sites for hydroxylation is 1. The zero-order valence-electron chi connectivity index (χ0n) is 11.7. The molecule has 112 valence electrons. The highest BCUT2D eigenvalue weighted by Gasteiger charge is 2.10. The lowest BCUT2D eigenvalue weighted by Gasteiger charge is -2.05. The van der Waals surface area contributed by atoms with Crippen LogP contribution in [0, 0.1) is 6.92 Å². The molecule has 2 rings (SSSR count). The van der Waals surface area contributed by atoms with Crippen molar-refractivity contribution in [3.63, 3.8) is 0 Å². The van der Waals surface area contributed by atoms with Gasteiger partial charge in [-0.05, 0) is 37.1 Å².